The van der Waals surface area contributed by atoms with Gasteiger partial charge in [0.25, 0.3) is 0 Å². The second-order valence-electron chi connectivity index (χ2n) is 5.61. The molecule has 0 aliphatic rings. The first-order valence-corrected chi connectivity index (χ1v) is 6.51. The zero-order chi connectivity index (χ0) is 16.0. The van der Waals surface area contributed by atoms with E-state index in [1.54, 1.807) is 6.07 Å². The lowest BCUT2D eigenvalue weighted by Crippen LogP contribution is -2.09. The first-order valence-electron chi connectivity index (χ1n) is 6.51. The summed E-state index contributed by atoms with van der Waals surface area (Å²) in [6, 6.07) is 5.44. The Morgan fingerprint density at radius 2 is 2.00 bits per heavy atom. The molecule has 0 aliphatic carbocycles. The van der Waals surface area contributed by atoms with Gasteiger partial charge in [0.15, 0.2) is 0 Å². The number of methoxy groups -OCH3 is 1. The summed E-state index contributed by atoms with van der Waals surface area (Å²) in [6.07, 6.45) is 1.05. The Bertz CT molecular complexity index is 610. The van der Waals surface area contributed by atoms with E-state index in [4.69, 9.17) is 14.6 Å². The van der Waals surface area contributed by atoms with E-state index in [0.717, 1.165) is 17.4 Å². The van der Waals surface area contributed by atoms with Crippen LogP contribution in [0.4, 0.5) is 0 Å². The van der Waals surface area contributed by atoms with Gasteiger partial charge in [-0.2, -0.15) is 0 Å². The van der Waals surface area contributed by atoms with Crippen LogP contribution in [0.5, 0.6) is 5.75 Å². The van der Waals surface area contributed by atoms with Crippen molar-refractivity contribution in [1.29, 1.82) is 0 Å². The molecule has 4 nitrogen and oxygen atoms in total. The van der Waals surface area contributed by atoms with Crippen LogP contribution in [0.2, 0.25) is 0 Å². The van der Waals surface area contributed by atoms with E-state index < -0.39 is 5.97 Å². The molecule has 0 aliphatic heterocycles. The van der Waals surface area contributed by atoms with E-state index >= 15 is 0 Å². The van der Waals surface area contributed by atoms with Gasteiger partial charge < -0.3 is 14.6 Å². The van der Waals surface area contributed by atoms with Crippen molar-refractivity contribution in [3.63, 3.8) is 0 Å². The molecule has 1 N–H and O–H groups in total. The second-order valence-corrected chi connectivity index (χ2v) is 5.61. The van der Waals surface area contributed by atoms with Crippen LogP contribution in [-0.4, -0.2) is 18.2 Å². The number of carboxylic acids is 1. The molecule has 0 saturated carbocycles. The summed E-state index contributed by atoms with van der Waals surface area (Å²) in [6.45, 7) is 7.91. The highest BCUT2D eigenvalue weighted by Gasteiger charge is 2.12. The van der Waals surface area contributed by atoms with Crippen molar-refractivity contribution in [1.82, 2.24) is 0 Å². The number of benzene rings is 1. The van der Waals surface area contributed by atoms with E-state index in [1.807, 2.05) is 39.8 Å². The fraction of sp³-hybridized carbons (Fsp3) is 0.353. The SMILES string of the molecule is CO/C=C(\Oc1cc(C#CC(C)(C)C)ccc1C)C(=O)O. The van der Waals surface area contributed by atoms with Crippen LogP contribution in [0.1, 0.15) is 31.9 Å². The summed E-state index contributed by atoms with van der Waals surface area (Å²) >= 11 is 0. The van der Waals surface area contributed by atoms with Gasteiger partial charge in [-0.1, -0.05) is 17.9 Å². The molecule has 0 aromatic heterocycles. The molecule has 0 atom stereocenters. The molecule has 0 heterocycles. The normalized spacial score (nSPS) is 11.4. The van der Waals surface area contributed by atoms with Crippen LogP contribution in [0.25, 0.3) is 0 Å². The van der Waals surface area contributed by atoms with Crippen molar-refractivity contribution < 1.29 is 19.4 Å². The maximum atomic E-state index is 11.0. The third-order valence-corrected chi connectivity index (χ3v) is 2.43. The van der Waals surface area contributed by atoms with Crippen molar-refractivity contribution in [3.05, 3.63) is 41.3 Å². The summed E-state index contributed by atoms with van der Waals surface area (Å²) in [5.74, 6) is 5.16. The quantitative estimate of drug-likeness (QED) is 0.524. The van der Waals surface area contributed by atoms with E-state index in [0.29, 0.717) is 5.75 Å². The molecule has 0 unspecified atom stereocenters. The van der Waals surface area contributed by atoms with E-state index in [1.165, 1.54) is 7.11 Å². The molecule has 112 valence electrons. The molecular formula is C17H20O4. The molecular weight excluding hydrogens is 268 g/mol. The number of aryl methyl sites for hydroxylation is 1. The number of rotatable bonds is 4. The fourth-order valence-corrected chi connectivity index (χ4v) is 1.39. The zero-order valence-corrected chi connectivity index (χ0v) is 13.0. The van der Waals surface area contributed by atoms with Crippen molar-refractivity contribution in [3.8, 4) is 17.6 Å². The zero-order valence-electron chi connectivity index (χ0n) is 13.0. The van der Waals surface area contributed by atoms with Gasteiger partial charge in [-0.05, 0) is 45.4 Å². The number of ether oxygens (including phenoxy) is 2. The van der Waals surface area contributed by atoms with Crippen molar-refractivity contribution >= 4 is 5.97 Å². The minimum absolute atomic E-state index is 0.103. The topological polar surface area (TPSA) is 55.8 Å². The summed E-state index contributed by atoms with van der Waals surface area (Å²) in [5.41, 5.74) is 1.49. The largest absolute Gasteiger partial charge is 0.500 e. The van der Waals surface area contributed by atoms with Crippen LogP contribution in [-0.2, 0) is 9.53 Å². The van der Waals surface area contributed by atoms with Crippen LogP contribution in [0.15, 0.2) is 30.2 Å². The molecule has 0 bridgehead atoms. The number of aliphatic carboxylic acids is 1. The second kappa shape index (κ2) is 6.85. The maximum absolute atomic E-state index is 11.0. The molecule has 1 aromatic carbocycles. The van der Waals surface area contributed by atoms with Gasteiger partial charge in [0.05, 0.1) is 7.11 Å². The Morgan fingerprint density at radius 1 is 1.33 bits per heavy atom. The van der Waals surface area contributed by atoms with E-state index in [-0.39, 0.29) is 11.2 Å². The van der Waals surface area contributed by atoms with Gasteiger partial charge in [-0.25, -0.2) is 4.79 Å². The van der Waals surface area contributed by atoms with Gasteiger partial charge >= 0.3 is 5.97 Å². The standard InChI is InChI=1S/C17H20O4/c1-12-6-7-13(8-9-17(2,3)4)10-14(12)21-15(11-20-5)16(18)19/h6-7,10-11H,1-5H3,(H,18,19)/b15-11-. The highest BCUT2D eigenvalue weighted by Crippen LogP contribution is 2.22. The molecule has 0 fully saturated rings. The molecule has 1 aromatic rings. The number of carboxylic acid groups (broad SMARTS) is 1. The summed E-state index contributed by atoms with van der Waals surface area (Å²) < 4.78 is 10.1. The number of carbonyl (C=O) groups is 1. The van der Waals surface area contributed by atoms with E-state index in [2.05, 4.69) is 11.8 Å². The molecule has 0 spiro atoms. The third-order valence-electron chi connectivity index (χ3n) is 2.43. The maximum Gasteiger partial charge on any atom is 0.375 e. The molecule has 21 heavy (non-hydrogen) atoms. The summed E-state index contributed by atoms with van der Waals surface area (Å²) in [4.78, 5) is 11.0. The van der Waals surface area contributed by atoms with Crippen molar-refractivity contribution in [2.45, 2.75) is 27.7 Å². The third kappa shape index (κ3) is 5.62. The Hall–Kier alpha value is -2.41. The lowest BCUT2D eigenvalue weighted by molar-refractivity contribution is -0.135. The average molecular weight is 288 g/mol. The lowest BCUT2D eigenvalue weighted by Gasteiger charge is -2.10. The predicted molar refractivity (Wildman–Crippen MR) is 80.9 cm³/mol. The Balaban J connectivity index is 3.10. The van der Waals surface area contributed by atoms with Crippen LogP contribution in [0, 0.1) is 24.2 Å². The van der Waals surface area contributed by atoms with Crippen LogP contribution >= 0.6 is 0 Å². The first-order chi connectivity index (χ1) is 9.73. The Kier molecular flexibility index (Phi) is 5.43. The lowest BCUT2D eigenvalue weighted by atomic mass is 9.97. The molecule has 4 heteroatoms. The molecule has 1 rings (SSSR count). The fourth-order valence-electron chi connectivity index (χ4n) is 1.39. The molecule has 0 saturated heterocycles. The summed E-state index contributed by atoms with van der Waals surface area (Å²) in [5, 5.41) is 9.03. The van der Waals surface area contributed by atoms with Crippen molar-refractivity contribution in [2.75, 3.05) is 7.11 Å². The highest BCUT2D eigenvalue weighted by molar-refractivity contribution is 5.84. The van der Waals surface area contributed by atoms with Crippen molar-refractivity contribution in [2.24, 2.45) is 5.41 Å². The highest BCUT2D eigenvalue weighted by atomic mass is 16.5. The van der Waals surface area contributed by atoms with E-state index in [9.17, 15) is 4.79 Å². The van der Waals surface area contributed by atoms with Gasteiger partial charge in [-0.15, -0.1) is 0 Å². The molecule has 0 radical (unpaired) electrons. The number of hydrogen-bond acceptors (Lipinski definition) is 3. The van der Waals surface area contributed by atoms with Gasteiger partial charge in [-0.3, -0.25) is 0 Å². The average Bonchev–Trinajstić information content (AvgIpc) is 2.37. The van der Waals surface area contributed by atoms with Gasteiger partial charge in [0.2, 0.25) is 5.76 Å². The Morgan fingerprint density at radius 3 is 2.52 bits per heavy atom. The summed E-state index contributed by atoms with van der Waals surface area (Å²) in [7, 11) is 1.37. The van der Waals surface area contributed by atoms with Gasteiger partial charge in [0, 0.05) is 11.0 Å². The number of hydrogen-bond donors (Lipinski definition) is 1. The molecule has 0 amide bonds. The van der Waals surface area contributed by atoms with Crippen LogP contribution in [0.3, 0.4) is 0 Å². The van der Waals surface area contributed by atoms with Gasteiger partial charge in [0.1, 0.15) is 12.0 Å². The predicted octanol–water partition coefficient (Wildman–Crippen LogP) is 3.34. The Labute approximate surface area is 125 Å². The first kappa shape index (κ1) is 16.6. The smallest absolute Gasteiger partial charge is 0.375 e. The minimum Gasteiger partial charge on any atom is -0.500 e. The van der Waals surface area contributed by atoms with Crippen LogP contribution < -0.4 is 4.74 Å². The monoisotopic (exact) mass is 288 g/mol. The minimum atomic E-state index is -1.19.